The molecule has 1 atom stereocenters. The first-order valence-corrected chi connectivity index (χ1v) is 11.3. The van der Waals surface area contributed by atoms with Crippen LogP contribution in [0.25, 0.3) is 0 Å². The van der Waals surface area contributed by atoms with Gasteiger partial charge >= 0.3 is 6.03 Å². The van der Waals surface area contributed by atoms with Crippen LogP contribution in [0.4, 0.5) is 9.18 Å². The van der Waals surface area contributed by atoms with E-state index in [1.807, 2.05) is 17.0 Å². The highest BCUT2D eigenvalue weighted by atomic mass is 32.1. The second kappa shape index (κ2) is 8.24. The summed E-state index contributed by atoms with van der Waals surface area (Å²) in [6.45, 7) is 5.08. The second-order valence-electron chi connectivity index (χ2n) is 8.02. The van der Waals surface area contributed by atoms with E-state index in [2.05, 4.69) is 19.2 Å². The molecule has 0 saturated heterocycles. The Bertz CT molecular complexity index is 839. The summed E-state index contributed by atoms with van der Waals surface area (Å²) in [4.78, 5) is 17.8. The smallest absolute Gasteiger partial charge is 0.318 e. The molecule has 1 fully saturated rings. The lowest BCUT2D eigenvalue weighted by atomic mass is 9.91. The largest absolute Gasteiger partial charge is 0.335 e. The molecule has 150 valence electrons. The van der Waals surface area contributed by atoms with Gasteiger partial charge in [-0.05, 0) is 61.4 Å². The molecule has 1 saturated carbocycles. The van der Waals surface area contributed by atoms with E-state index in [1.54, 1.807) is 11.3 Å². The highest BCUT2D eigenvalue weighted by Crippen LogP contribution is 2.43. The van der Waals surface area contributed by atoms with Gasteiger partial charge in [-0.3, -0.25) is 0 Å². The zero-order chi connectivity index (χ0) is 19.7. The van der Waals surface area contributed by atoms with Gasteiger partial charge in [0.15, 0.2) is 0 Å². The molecule has 3 nitrogen and oxygen atoms in total. The first kappa shape index (κ1) is 19.4. The van der Waals surface area contributed by atoms with E-state index in [0.717, 1.165) is 31.2 Å². The molecule has 0 radical (unpaired) electrons. The fraction of sp³-hybridized carbons (Fsp3) is 0.522. The van der Waals surface area contributed by atoms with Gasteiger partial charge in [-0.15, -0.1) is 11.3 Å². The van der Waals surface area contributed by atoms with Crippen molar-refractivity contribution in [2.75, 3.05) is 6.54 Å². The molecule has 1 aliphatic carbocycles. The van der Waals surface area contributed by atoms with Gasteiger partial charge in [0.1, 0.15) is 5.82 Å². The quantitative estimate of drug-likeness (QED) is 0.699. The van der Waals surface area contributed by atoms with Gasteiger partial charge in [-0.25, -0.2) is 9.18 Å². The molecule has 1 aliphatic heterocycles. The Morgan fingerprint density at radius 1 is 1.21 bits per heavy atom. The maximum atomic E-state index is 13.5. The minimum atomic E-state index is -0.241. The minimum absolute atomic E-state index is 0.0241. The van der Waals surface area contributed by atoms with Crippen molar-refractivity contribution in [3.05, 3.63) is 56.5 Å². The molecule has 2 aliphatic rings. The highest BCUT2D eigenvalue weighted by Gasteiger charge is 2.36. The summed E-state index contributed by atoms with van der Waals surface area (Å²) in [5, 5.41) is 3.28. The number of fused-ring (bicyclic) bond motifs is 1. The van der Waals surface area contributed by atoms with Crippen molar-refractivity contribution in [2.45, 2.75) is 70.9 Å². The zero-order valence-electron chi connectivity index (χ0n) is 16.8. The van der Waals surface area contributed by atoms with Gasteiger partial charge < -0.3 is 10.2 Å². The molecule has 2 heterocycles. The first-order chi connectivity index (χ1) is 13.6. The van der Waals surface area contributed by atoms with Crippen LogP contribution in [-0.4, -0.2) is 23.5 Å². The number of aryl methyl sites for hydroxylation is 1. The second-order valence-corrected chi connectivity index (χ2v) is 9.27. The molecule has 0 unspecified atom stereocenters. The van der Waals surface area contributed by atoms with Crippen molar-refractivity contribution in [2.24, 2.45) is 0 Å². The topological polar surface area (TPSA) is 32.3 Å². The Morgan fingerprint density at radius 2 is 1.93 bits per heavy atom. The molecule has 28 heavy (non-hydrogen) atoms. The van der Waals surface area contributed by atoms with Gasteiger partial charge in [0.2, 0.25) is 0 Å². The van der Waals surface area contributed by atoms with Crippen LogP contribution in [0.3, 0.4) is 0 Å². The normalized spacial score (nSPS) is 20.1. The van der Waals surface area contributed by atoms with Gasteiger partial charge in [-0.2, -0.15) is 0 Å². The highest BCUT2D eigenvalue weighted by molar-refractivity contribution is 7.12. The molecule has 5 heteroatoms. The fourth-order valence-corrected chi connectivity index (χ4v) is 6.25. The standard InChI is InChI=1S/C23H29FN2OS/c1-3-19-15(2)28-22-20(19)13-14-26(21(22)16-9-11-17(24)12-10-16)23(27)25-18-7-5-4-6-8-18/h9-12,18,21H,3-8,13-14H2,1-2H3,(H,25,27)/t21-/m1/s1. The van der Waals surface area contributed by atoms with Crippen LogP contribution in [-0.2, 0) is 12.8 Å². The average molecular weight is 401 g/mol. The third kappa shape index (κ3) is 3.69. The van der Waals surface area contributed by atoms with Crippen molar-refractivity contribution >= 4 is 17.4 Å². The Labute approximate surface area is 170 Å². The van der Waals surface area contributed by atoms with Crippen molar-refractivity contribution < 1.29 is 9.18 Å². The molecular formula is C23H29FN2OS. The molecule has 0 bridgehead atoms. The Kier molecular flexibility index (Phi) is 5.72. The molecule has 4 rings (SSSR count). The van der Waals surface area contributed by atoms with Gasteiger partial charge in [-0.1, -0.05) is 38.3 Å². The average Bonchev–Trinajstić information content (AvgIpc) is 3.03. The van der Waals surface area contributed by atoms with Crippen LogP contribution in [0.5, 0.6) is 0 Å². The molecule has 1 aromatic carbocycles. The summed E-state index contributed by atoms with van der Waals surface area (Å²) < 4.78 is 13.5. The van der Waals surface area contributed by atoms with E-state index >= 15 is 0 Å². The summed E-state index contributed by atoms with van der Waals surface area (Å²) >= 11 is 1.80. The van der Waals surface area contributed by atoms with E-state index in [4.69, 9.17) is 0 Å². The Hall–Kier alpha value is -1.88. The fourth-order valence-electron chi connectivity index (χ4n) is 4.81. The SMILES string of the molecule is CCc1c(C)sc2c1CCN(C(=O)NC1CCCCC1)[C@@H]2c1ccc(F)cc1. The summed E-state index contributed by atoms with van der Waals surface area (Å²) in [6, 6.07) is 6.85. The van der Waals surface area contributed by atoms with Crippen molar-refractivity contribution in [1.82, 2.24) is 10.2 Å². The third-order valence-electron chi connectivity index (χ3n) is 6.25. The number of amides is 2. The number of halogens is 1. The number of urea groups is 1. The molecule has 0 spiro atoms. The molecule has 2 amide bonds. The minimum Gasteiger partial charge on any atom is -0.335 e. The van der Waals surface area contributed by atoms with Crippen LogP contribution in [0.2, 0.25) is 0 Å². The predicted molar refractivity (Wildman–Crippen MR) is 112 cm³/mol. The Balaban J connectivity index is 1.68. The maximum absolute atomic E-state index is 13.5. The number of hydrogen-bond donors (Lipinski definition) is 1. The maximum Gasteiger partial charge on any atom is 0.318 e. The van der Waals surface area contributed by atoms with E-state index < -0.39 is 0 Å². The molecule has 1 N–H and O–H groups in total. The zero-order valence-corrected chi connectivity index (χ0v) is 17.6. The number of nitrogens with zero attached hydrogens (tertiary/aromatic N) is 1. The summed E-state index contributed by atoms with van der Waals surface area (Å²) in [6.07, 6.45) is 7.72. The van der Waals surface area contributed by atoms with Gasteiger partial charge in [0.25, 0.3) is 0 Å². The third-order valence-corrected chi connectivity index (χ3v) is 7.49. The number of carbonyl (C=O) groups excluding carboxylic acids is 1. The molecule has 1 aromatic heterocycles. The van der Waals surface area contributed by atoms with E-state index in [0.29, 0.717) is 6.54 Å². The van der Waals surface area contributed by atoms with E-state index in [1.165, 1.54) is 52.3 Å². The van der Waals surface area contributed by atoms with Crippen molar-refractivity contribution in [3.63, 3.8) is 0 Å². The number of hydrogen-bond acceptors (Lipinski definition) is 2. The van der Waals surface area contributed by atoms with Crippen molar-refractivity contribution in [1.29, 1.82) is 0 Å². The first-order valence-electron chi connectivity index (χ1n) is 10.5. The lowest BCUT2D eigenvalue weighted by Gasteiger charge is -2.37. The van der Waals surface area contributed by atoms with E-state index in [-0.39, 0.29) is 23.9 Å². The van der Waals surface area contributed by atoms with Crippen LogP contribution in [0.1, 0.15) is 71.5 Å². The van der Waals surface area contributed by atoms with Crippen LogP contribution < -0.4 is 5.32 Å². The van der Waals surface area contributed by atoms with Crippen LogP contribution in [0, 0.1) is 12.7 Å². The van der Waals surface area contributed by atoms with Crippen LogP contribution in [0.15, 0.2) is 24.3 Å². The number of nitrogens with one attached hydrogen (secondary N) is 1. The number of rotatable bonds is 3. The number of carbonyl (C=O) groups is 1. The van der Waals surface area contributed by atoms with Crippen LogP contribution >= 0.6 is 11.3 Å². The van der Waals surface area contributed by atoms with Gasteiger partial charge in [0, 0.05) is 22.3 Å². The van der Waals surface area contributed by atoms with Crippen molar-refractivity contribution in [3.8, 4) is 0 Å². The van der Waals surface area contributed by atoms with Gasteiger partial charge in [0.05, 0.1) is 6.04 Å². The Morgan fingerprint density at radius 3 is 2.61 bits per heavy atom. The number of benzene rings is 1. The molecular weight excluding hydrogens is 371 g/mol. The molecule has 2 aromatic rings. The predicted octanol–water partition coefficient (Wildman–Crippen LogP) is 5.75. The lowest BCUT2D eigenvalue weighted by molar-refractivity contribution is 0.174. The summed E-state index contributed by atoms with van der Waals surface area (Å²) in [5.41, 5.74) is 3.82. The summed E-state index contributed by atoms with van der Waals surface area (Å²) in [5.74, 6) is -0.241. The van der Waals surface area contributed by atoms with E-state index in [9.17, 15) is 9.18 Å². The summed E-state index contributed by atoms with van der Waals surface area (Å²) in [7, 11) is 0. The number of thiophene rings is 1. The monoisotopic (exact) mass is 400 g/mol. The lowest BCUT2D eigenvalue weighted by Crippen LogP contribution is -2.49.